The van der Waals surface area contributed by atoms with Crippen LogP contribution in [-0.4, -0.2) is 46.6 Å². The van der Waals surface area contributed by atoms with E-state index in [2.05, 4.69) is 0 Å². The van der Waals surface area contributed by atoms with Crippen LogP contribution in [0.4, 0.5) is 0 Å². The minimum atomic E-state index is -1.97. The van der Waals surface area contributed by atoms with Gasteiger partial charge in [0.1, 0.15) is 30.8 Å². The first kappa shape index (κ1) is 17.6. The molecule has 1 aromatic carbocycles. The molecule has 0 heterocycles. The average Bonchev–Trinajstić information content (AvgIpc) is 2.59. The summed E-state index contributed by atoms with van der Waals surface area (Å²) in [6, 6.07) is 9.00. The predicted octanol–water partition coefficient (Wildman–Crippen LogP) is 1.44. The molecule has 1 aliphatic rings. The number of carbonyl (C=O) groups is 2. The molecular formula is C17H18O7. The largest absolute Gasteiger partial charge is 0.491 e. The number of carboxylic acid groups (broad SMARTS) is 2. The molecule has 0 saturated heterocycles. The minimum Gasteiger partial charge on any atom is -0.491 e. The van der Waals surface area contributed by atoms with Gasteiger partial charge in [-0.25, -0.2) is 0 Å². The van der Waals surface area contributed by atoms with Crippen molar-refractivity contribution >= 4 is 11.9 Å². The molecule has 0 radical (unpaired) electrons. The van der Waals surface area contributed by atoms with E-state index >= 15 is 0 Å². The Bertz CT molecular complexity index is 634. The number of benzene rings is 1. The maximum absolute atomic E-state index is 11.2. The Morgan fingerprint density at radius 1 is 1.08 bits per heavy atom. The first-order valence-corrected chi connectivity index (χ1v) is 7.29. The quantitative estimate of drug-likeness (QED) is 0.616. The third-order valence-corrected chi connectivity index (χ3v) is 3.55. The highest BCUT2D eigenvalue weighted by Crippen LogP contribution is 2.31. The fraction of sp³-hybridized carbons (Fsp3) is 0.294. The number of aliphatic hydroxyl groups excluding tert-OH is 1. The maximum Gasteiger partial charge on any atom is 0.325 e. The molecule has 0 saturated carbocycles. The summed E-state index contributed by atoms with van der Waals surface area (Å²) in [6.45, 7) is -0.0225. The molecule has 2 rings (SSSR count). The lowest BCUT2D eigenvalue weighted by molar-refractivity contribution is -0.160. The van der Waals surface area contributed by atoms with Gasteiger partial charge in [-0.3, -0.25) is 9.59 Å². The van der Waals surface area contributed by atoms with Gasteiger partial charge in [-0.05, 0) is 30.7 Å². The number of ether oxygens (including phenoxy) is 2. The summed E-state index contributed by atoms with van der Waals surface area (Å²) in [6.07, 6.45) is 2.65. The van der Waals surface area contributed by atoms with Crippen molar-refractivity contribution in [2.75, 3.05) is 13.2 Å². The highest BCUT2D eigenvalue weighted by molar-refractivity contribution is 6.01. The van der Waals surface area contributed by atoms with Gasteiger partial charge in [0.2, 0.25) is 0 Å². The molecule has 0 bridgehead atoms. The van der Waals surface area contributed by atoms with Crippen LogP contribution in [0.3, 0.4) is 0 Å². The van der Waals surface area contributed by atoms with Gasteiger partial charge in [0.05, 0.1) is 0 Å². The summed E-state index contributed by atoms with van der Waals surface area (Å²) in [4.78, 5) is 22.3. The molecule has 0 spiro atoms. The zero-order chi connectivity index (χ0) is 17.6. The Kier molecular flexibility index (Phi) is 5.59. The lowest BCUT2D eigenvalue weighted by atomic mass is 9.81. The Hall–Kier alpha value is -2.80. The molecule has 0 aromatic heterocycles. The second-order valence-corrected chi connectivity index (χ2v) is 5.31. The molecule has 3 N–H and O–H groups in total. The number of hydrogen-bond donors (Lipinski definition) is 3. The van der Waals surface area contributed by atoms with Crippen LogP contribution in [0.25, 0.3) is 0 Å². The zero-order valence-corrected chi connectivity index (χ0v) is 12.8. The molecule has 1 atom stereocenters. The van der Waals surface area contributed by atoms with E-state index in [-0.39, 0.29) is 19.6 Å². The number of hydrogen-bond acceptors (Lipinski definition) is 5. The molecule has 128 valence electrons. The molecule has 0 aliphatic heterocycles. The molecule has 0 fully saturated rings. The topological polar surface area (TPSA) is 113 Å². The van der Waals surface area contributed by atoms with Crippen molar-refractivity contribution in [1.82, 2.24) is 0 Å². The van der Waals surface area contributed by atoms with Gasteiger partial charge >= 0.3 is 11.9 Å². The van der Waals surface area contributed by atoms with Crippen LogP contribution >= 0.6 is 0 Å². The number of aliphatic carboxylic acids is 2. The lowest BCUT2D eigenvalue weighted by Gasteiger charge is -2.23. The minimum absolute atomic E-state index is 0.0369. The molecule has 1 aromatic rings. The van der Waals surface area contributed by atoms with Gasteiger partial charge in [-0.15, -0.1) is 0 Å². The fourth-order valence-electron chi connectivity index (χ4n) is 2.09. The Morgan fingerprint density at radius 3 is 2.25 bits per heavy atom. The van der Waals surface area contributed by atoms with Gasteiger partial charge in [0.25, 0.3) is 0 Å². The predicted molar refractivity (Wildman–Crippen MR) is 83.4 cm³/mol. The molecule has 0 amide bonds. The van der Waals surface area contributed by atoms with Crippen LogP contribution in [0.2, 0.25) is 0 Å². The van der Waals surface area contributed by atoms with Crippen molar-refractivity contribution < 1.29 is 34.4 Å². The van der Waals surface area contributed by atoms with Crippen LogP contribution in [0.5, 0.6) is 5.75 Å². The normalized spacial score (nSPS) is 16.8. The summed E-state index contributed by atoms with van der Waals surface area (Å²) in [5.41, 5.74) is -1.97. The number of para-hydroxylation sites is 1. The van der Waals surface area contributed by atoms with E-state index in [4.69, 9.17) is 19.7 Å². The molecule has 1 aliphatic carbocycles. The Balaban J connectivity index is 1.81. The summed E-state index contributed by atoms with van der Waals surface area (Å²) < 4.78 is 10.7. The van der Waals surface area contributed by atoms with E-state index in [0.29, 0.717) is 11.5 Å². The first-order chi connectivity index (χ1) is 11.4. The van der Waals surface area contributed by atoms with Crippen LogP contribution in [0, 0.1) is 5.41 Å². The van der Waals surface area contributed by atoms with Crippen molar-refractivity contribution in [3.05, 3.63) is 54.3 Å². The second kappa shape index (κ2) is 7.65. The first-order valence-electron chi connectivity index (χ1n) is 7.29. The van der Waals surface area contributed by atoms with Crippen LogP contribution in [0.1, 0.15) is 6.42 Å². The van der Waals surface area contributed by atoms with Crippen molar-refractivity contribution in [2.45, 2.75) is 12.5 Å². The number of aliphatic hydroxyl groups is 1. The van der Waals surface area contributed by atoms with E-state index in [9.17, 15) is 14.7 Å². The standard InChI is InChI=1S/C17H18O7/c18-12(10-23-13-4-2-1-3-5-13)11-24-14-6-8-17(9-7-14,15(19)20)16(21)22/h1-8,12,18H,9-11H2,(H,19,20)(H,21,22). The third-order valence-electron chi connectivity index (χ3n) is 3.55. The summed E-state index contributed by atoms with van der Waals surface area (Å²) in [5.74, 6) is -1.93. The Morgan fingerprint density at radius 2 is 1.71 bits per heavy atom. The average molecular weight is 334 g/mol. The Labute approximate surface area is 138 Å². The maximum atomic E-state index is 11.2. The summed E-state index contributed by atoms with van der Waals surface area (Å²) in [5, 5.41) is 28.0. The summed E-state index contributed by atoms with van der Waals surface area (Å²) >= 11 is 0. The van der Waals surface area contributed by atoms with Gasteiger partial charge in [0, 0.05) is 0 Å². The second-order valence-electron chi connectivity index (χ2n) is 5.31. The molecule has 1 unspecified atom stereocenters. The van der Waals surface area contributed by atoms with E-state index in [1.807, 2.05) is 18.2 Å². The van der Waals surface area contributed by atoms with Gasteiger partial charge in [0.15, 0.2) is 5.41 Å². The number of carboxylic acids is 2. The molecule has 7 nitrogen and oxygen atoms in total. The lowest BCUT2D eigenvalue weighted by Crippen LogP contribution is -2.38. The van der Waals surface area contributed by atoms with E-state index < -0.39 is 23.5 Å². The number of allylic oxidation sites excluding steroid dienone is 2. The van der Waals surface area contributed by atoms with Crippen molar-refractivity contribution in [1.29, 1.82) is 0 Å². The highest BCUT2D eigenvalue weighted by atomic mass is 16.5. The fourth-order valence-corrected chi connectivity index (χ4v) is 2.09. The van der Waals surface area contributed by atoms with Gasteiger partial charge in [-0.1, -0.05) is 24.3 Å². The molecular weight excluding hydrogens is 316 g/mol. The highest BCUT2D eigenvalue weighted by Gasteiger charge is 2.44. The van der Waals surface area contributed by atoms with Crippen LogP contribution < -0.4 is 4.74 Å². The van der Waals surface area contributed by atoms with Crippen molar-refractivity contribution in [2.24, 2.45) is 5.41 Å². The zero-order valence-electron chi connectivity index (χ0n) is 12.8. The van der Waals surface area contributed by atoms with E-state index in [0.717, 1.165) is 6.08 Å². The third kappa shape index (κ3) is 4.14. The van der Waals surface area contributed by atoms with Crippen LogP contribution in [0.15, 0.2) is 54.3 Å². The number of rotatable bonds is 8. The SMILES string of the molecule is O=C(O)C1(C(=O)O)C=CC(OCC(O)COc2ccccc2)=CC1. The van der Waals surface area contributed by atoms with Gasteiger partial charge in [-0.2, -0.15) is 0 Å². The van der Waals surface area contributed by atoms with E-state index in [1.165, 1.54) is 12.2 Å². The summed E-state index contributed by atoms with van der Waals surface area (Å²) in [7, 11) is 0. The van der Waals surface area contributed by atoms with Crippen molar-refractivity contribution in [3.63, 3.8) is 0 Å². The van der Waals surface area contributed by atoms with Gasteiger partial charge < -0.3 is 24.8 Å². The molecule has 7 heteroatoms. The van der Waals surface area contributed by atoms with Crippen molar-refractivity contribution in [3.8, 4) is 5.75 Å². The monoisotopic (exact) mass is 334 g/mol. The molecule has 24 heavy (non-hydrogen) atoms. The smallest absolute Gasteiger partial charge is 0.325 e. The van der Waals surface area contributed by atoms with Crippen LogP contribution in [-0.2, 0) is 14.3 Å². The van der Waals surface area contributed by atoms with E-state index in [1.54, 1.807) is 12.1 Å².